The summed E-state index contributed by atoms with van der Waals surface area (Å²) in [5, 5.41) is 11.3. The van der Waals surface area contributed by atoms with Gasteiger partial charge in [0.05, 0.1) is 23.2 Å². The first-order valence-electron chi connectivity index (χ1n) is 15.3. The molecule has 0 saturated carbocycles. The predicted molar refractivity (Wildman–Crippen MR) is 176 cm³/mol. The van der Waals surface area contributed by atoms with E-state index >= 15 is 0 Å². The number of fused-ring (bicyclic) bond motifs is 2. The van der Waals surface area contributed by atoms with Crippen molar-refractivity contribution in [1.82, 2.24) is 4.90 Å². The standard InChI is InChI=1S/C34H41BrN2O5S/c1-3-5-6-12-20-42-33(41)27-28-31(39)37(18-10-7-11-19-38)30(34(28)22-26(35)29(27)43-34)32(40)36(17-4-2)25-16-15-23-13-8-9-14-24(23)21-25/h3-4,8-9,13-16,21,26-30,38H,1-2,5-7,10-12,17-20,22H2/t26?,27-,28-,29-,30?,34?/m0/s1. The van der Waals surface area contributed by atoms with Gasteiger partial charge in [0.2, 0.25) is 5.91 Å². The molecular weight excluding hydrogens is 628 g/mol. The molecule has 2 amide bonds. The number of thioether (sulfide) groups is 1. The van der Waals surface area contributed by atoms with E-state index in [1.165, 1.54) is 0 Å². The lowest BCUT2D eigenvalue weighted by Crippen LogP contribution is -2.55. The zero-order chi connectivity index (χ0) is 30.6. The minimum Gasteiger partial charge on any atom is -0.465 e. The van der Waals surface area contributed by atoms with Crippen molar-refractivity contribution in [3.63, 3.8) is 0 Å². The molecule has 0 radical (unpaired) electrons. The van der Waals surface area contributed by atoms with Gasteiger partial charge in [0.1, 0.15) is 6.04 Å². The molecule has 9 heteroatoms. The van der Waals surface area contributed by atoms with Gasteiger partial charge in [-0.3, -0.25) is 14.4 Å². The van der Waals surface area contributed by atoms with Gasteiger partial charge in [-0.25, -0.2) is 0 Å². The topological polar surface area (TPSA) is 87.1 Å². The molecule has 3 heterocycles. The molecule has 3 aliphatic rings. The number of aliphatic hydroxyl groups is 1. The van der Waals surface area contributed by atoms with Crippen LogP contribution in [-0.4, -0.2) is 75.0 Å². The number of allylic oxidation sites excluding steroid dienone is 1. The first-order valence-corrected chi connectivity index (χ1v) is 17.1. The number of carbonyl (C=O) groups excluding carboxylic acids is 3. The highest BCUT2D eigenvalue weighted by atomic mass is 79.9. The number of ether oxygens (including phenoxy) is 1. The average Bonchev–Trinajstić information content (AvgIpc) is 3.60. The van der Waals surface area contributed by atoms with Crippen molar-refractivity contribution in [3.8, 4) is 0 Å². The van der Waals surface area contributed by atoms with Crippen molar-refractivity contribution < 1.29 is 24.2 Å². The highest BCUT2D eigenvalue weighted by molar-refractivity contribution is 9.09. The highest BCUT2D eigenvalue weighted by Gasteiger charge is 2.76. The summed E-state index contributed by atoms with van der Waals surface area (Å²) in [5.74, 6) is -1.86. The lowest BCUT2D eigenvalue weighted by Gasteiger charge is -2.38. The number of nitrogens with zero attached hydrogens (tertiary/aromatic N) is 2. The number of unbranched alkanes of at least 4 members (excludes halogenated alkanes) is 4. The molecule has 230 valence electrons. The Morgan fingerprint density at radius 1 is 1.09 bits per heavy atom. The molecular formula is C34H41BrN2O5S. The molecule has 1 spiro atoms. The highest BCUT2D eigenvalue weighted by Crippen LogP contribution is 2.68. The number of likely N-dealkylation sites (tertiary alicyclic amines) is 1. The minimum atomic E-state index is -0.743. The van der Waals surface area contributed by atoms with Gasteiger partial charge in [0.25, 0.3) is 5.91 Å². The molecule has 6 atom stereocenters. The summed E-state index contributed by atoms with van der Waals surface area (Å²) >= 11 is 5.45. The number of carbonyl (C=O) groups is 3. The summed E-state index contributed by atoms with van der Waals surface area (Å²) in [4.78, 5) is 46.1. The Labute approximate surface area is 266 Å². The second-order valence-electron chi connectivity index (χ2n) is 11.7. The Morgan fingerprint density at radius 3 is 2.63 bits per heavy atom. The number of rotatable bonds is 15. The van der Waals surface area contributed by atoms with Crippen LogP contribution in [0.3, 0.4) is 0 Å². The van der Waals surface area contributed by atoms with Gasteiger partial charge in [-0.1, -0.05) is 58.4 Å². The smallest absolute Gasteiger partial charge is 0.310 e. The third-order valence-corrected chi connectivity index (χ3v) is 12.2. The van der Waals surface area contributed by atoms with Crippen molar-refractivity contribution in [3.05, 3.63) is 67.8 Å². The van der Waals surface area contributed by atoms with Crippen LogP contribution in [0.15, 0.2) is 67.8 Å². The third-order valence-electron chi connectivity index (χ3n) is 9.02. The molecule has 0 aliphatic carbocycles. The van der Waals surface area contributed by atoms with Crippen LogP contribution in [0.2, 0.25) is 0 Å². The summed E-state index contributed by atoms with van der Waals surface area (Å²) in [6.45, 7) is 8.76. The van der Waals surface area contributed by atoms with Crippen molar-refractivity contribution in [2.45, 2.75) is 65.8 Å². The molecule has 3 unspecified atom stereocenters. The number of esters is 1. The zero-order valence-corrected chi connectivity index (χ0v) is 26.9. The Bertz CT molecular complexity index is 1370. The number of anilines is 1. The summed E-state index contributed by atoms with van der Waals surface area (Å²) in [6.07, 6.45) is 8.71. The molecule has 7 nitrogen and oxygen atoms in total. The van der Waals surface area contributed by atoms with Crippen LogP contribution < -0.4 is 4.90 Å². The Balaban J connectivity index is 1.49. The maximum Gasteiger partial charge on any atom is 0.310 e. The van der Waals surface area contributed by atoms with E-state index in [1.807, 2.05) is 48.5 Å². The van der Waals surface area contributed by atoms with E-state index in [0.717, 1.165) is 42.1 Å². The largest absolute Gasteiger partial charge is 0.465 e. The van der Waals surface area contributed by atoms with Gasteiger partial charge in [-0.15, -0.1) is 24.9 Å². The first-order chi connectivity index (χ1) is 20.9. The molecule has 2 aromatic carbocycles. The lowest BCUT2D eigenvalue weighted by atomic mass is 9.71. The van der Waals surface area contributed by atoms with Gasteiger partial charge >= 0.3 is 5.97 Å². The van der Waals surface area contributed by atoms with Crippen LogP contribution in [0.5, 0.6) is 0 Å². The number of amides is 2. The van der Waals surface area contributed by atoms with Crippen LogP contribution in [0, 0.1) is 11.8 Å². The quantitative estimate of drug-likeness (QED) is 0.110. The fourth-order valence-electron chi connectivity index (χ4n) is 7.09. The van der Waals surface area contributed by atoms with Gasteiger partial charge in [-0.05, 0) is 67.9 Å². The number of benzene rings is 2. The third kappa shape index (κ3) is 6.05. The molecule has 3 fully saturated rings. The van der Waals surface area contributed by atoms with Gasteiger partial charge in [0, 0.05) is 35.5 Å². The number of halogens is 1. The predicted octanol–water partition coefficient (Wildman–Crippen LogP) is 5.89. The molecule has 0 aromatic heterocycles. The molecule has 2 aromatic rings. The maximum atomic E-state index is 14.8. The van der Waals surface area contributed by atoms with Crippen LogP contribution in [-0.2, 0) is 19.1 Å². The summed E-state index contributed by atoms with van der Waals surface area (Å²) in [5.41, 5.74) is 0.750. The van der Waals surface area contributed by atoms with Gasteiger partial charge < -0.3 is 19.6 Å². The number of hydrogen-bond donors (Lipinski definition) is 1. The summed E-state index contributed by atoms with van der Waals surface area (Å²) < 4.78 is 5.01. The Morgan fingerprint density at radius 2 is 1.88 bits per heavy atom. The minimum absolute atomic E-state index is 0.0157. The van der Waals surface area contributed by atoms with Gasteiger partial charge in [0.15, 0.2) is 0 Å². The van der Waals surface area contributed by atoms with Crippen LogP contribution in [0.1, 0.15) is 44.9 Å². The van der Waals surface area contributed by atoms with Gasteiger partial charge in [-0.2, -0.15) is 0 Å². The average molecular weight is 670 g/mol. The van der Waals surface area contributed by atoms with E-state index in [-0.39, 0.29) is 34.5 Å². The van der Waals surface area contributed by atoms with E-state index in [2.05, 4.69) is 29.1 Å². The fraction of sp³-hybridized carbons (Fsp3) is 0.500. The molecule has 1 N–H and O–H groups in total. The molecule has 3 saturated heterocycles. The maximum absolute atomic E-state index is 14.8. The van der Waals surface area contributed by atoms with Crippen LogP contribution in [0.4, 0.5) is 5.69 Å². The van der Waals surface area contributed by atoms with E-state index in [0.29, 0.717) is 39.0 Å². The lowest BCUT2D eigenvalue weighted by molar-refractivity contribution is -0.154. The number of aliphatic hydroxyl groups excluding tert-OH is 1. The van der Waals surface area contributed by atoms with Crippen LogP contribution >= 0.6 is 27.7 Å². The number of hydrogen-bond acceptors (Lipinski definition) is 6. The van der Waals surface area contributed by atoms with Crippen molar-refractivity contribution >= 4 is 61.9 Å². The number of alkyl halides is 1. The van der Waals surface area contributed by atoms with Crippen LogP contribution in [0.25, 0.3) is 10.8 Å². The Hall–Kier alpha value is -2.62. The van der Waals surface area contributed by atoms with E-state index in [4.69, 9.17) is 4.74 Å². The second kappa shape index (κ2) is 14.0. The summed E-state index contributed by atoms with van der Waals surface area (Å²) in [7, 11) is 0. The monoisotopic (exact) mass is 668 g/mol. The van der Waals surface area contributed by atoms with E-state index < -0.39 is 22.6 Å². The van der Waals surface area contributed by atoms with Crippen molar-refractivity contribution in [2.24, 2.45) is 11.8 Å². The van der Waals surface area contributed by atoms with Crippen molar-refractivity contribution in [2.75, 3.05) is 31.2 Å². The molecule has 3 aliphatic heterocycles. The van der Waals surface area contributed by atoms with E-state index in [1.54, 1.807) is 27.6 Å². The molecule has 5 rings (SSSR count). The van der Waals surface area contributed by atoms with E-state index in [9.17, 15) is 19.5 Å². The normalized spacial score (nSPS) is 27.3. The zero-order valence-electron chi connectivity index (χ0n) is 24.5. The molecule has 43 heavy (non-hydrogen) atoms. The Kier molecular flexibility index (Phi) is 10.3. The van der Waals surface area contributed by atoms with Crippen molar-refractivity contribution in [1.29, 1.82) is 0 Å². The second-order valence-corrected chi connectivity index (χ2v) is 14.4. The molecule has 2 bridgehead atoms. The summed E-state index contributed by atoms with van der Waals surface area (Å²) in [6, 6.07) is 13.2. The fourth-order valence-corrected chi connectivity index (χ4v) is 10.7. The SMILES string of the molecule is C=CCCCCOC(=O)[C@H]1[C@H]2C(=O)N(CCCCCO)C(C(=O)N(CC=C)c3ccc4ccccc4c3)C23CC(Br)[C@@H]1S3. The first kappa shape index (κ1) is 31.8.